The number of Topliss-reactive ketones (excluding diaryl/α,β-unsaturated/α-hetero) is 1. The van der Waals surface area contributed by atoms with E-state index in [2.05, 4.69) is 5.32 Å². The Balaban J connectivity index is 0.00000561. The molecular formula is C41H51AcNO11. The fraction of sp³-hybridized carbons (Fsp3) is 0.561. The Hall–Kier alpha value is -2.66. The molecule has 13 heteroatoms. The van der Waals surface area contributed by atoms with E-state index in [4.69, 9.17) is 18.9 Å². The molecule has 6 rings (SSSR count). The molecule has 9 atom stereocenters. The molecule has 2 aromatic carbocycles. The molecule has 2 aromatic rings. The molecule has 4 N–H and O–H groups in total. The van der Waals surface area contributed by atoms with Crippen LogP contribution in [0.5, 0.6) is 0 Å². The van der Waals surface area contributed by atoms with Gasteiger partial charge in [-0.05, 0) is 63.8 Å². The first-order valence-corrected chi connectivity index (χ1v) is 18.2. The van der Waals surface area contributed by atoms with E-state index < -0.39 is 82.0 Å². The fourth-order valence-corrected chi connectivity index (χ4v) is 8.99. The Kier molecular flexibility index (Phi) is 12.1. The van der Waals surface area contributed by atoms with Gasteiger partial charge in [-0.3, -0.25) is 4.79 Å². The number of nitrogens with one attached hydrogen (secondary N) is 1. The van der Waals surface area contributed by atoms with Gasteiger partial charge in [0.05, 0.1) is 24.3 Å². The summed E-state index contributed by atoms with van der Waals surface area (Å²) < 4.78 is 23.5. The van der Waals surface area contributed by atoms with Gasteiger partial charge in [0.25, 0.3) is 0 Å². The number of ketones is 1. The average molecular weight is 961 g/mol. The molecule has 1 amide bonds. The number of carbonyl (C=O) groups excluding carboxylic acids is 4. The van der Waals surface area contributed by atoms with Gasteiger partial charge in [-0.2, -0.15) is 0 Å². The predicted molar refractivity (Wildman–Crippen MR) is 191 cm³/mol. The second-order valence-corrected chi connectivity index (χ2v) is 16.8. The third-order valence-electron chi connectivity index (χ3n) is 12.2. The molecule has 4 aliphatic rings. The predicted octanol–water partition coefficient (Wildman–Crippen LogP) is 4.75. The van der Waals surface area contributed by atoms with Crippen LogP contribution in [-0.4, -0.2) is 87.0 Å². The Bertz CT molecular complexity index is 1790. The van der Waals surface area contributed by atoms with Gasteiger partial charge in [-0.15, -0.1) is 0 Å². The number of fused-ring (bicyclic) bond motifs is 5. The number of benzene rings is 2. The van der Waals surface area contributed by atoms with E-state index in [-0.39, 0.29) is 74.9 Å². The minimum atomic E-state index is -2.00. The molecule has 1 aliphatic heterocycles. The minimum absolute atomic E-state index is 0. The van der Waals surface area contributed by atoms with Crippen LogP contribution in [0.3, 0.4) is 0 Å². The molecule has 3 aliphatic carbocycles. The molecule has 1 unspecified atom stereocenters. The van der Waals surface area contributed by atoms with Crippen molar-refractivity contribution < 1.29 is 97.5 Å². The second kappa shape index (κ2) is 15.4. The first kappa shape index (κ1) is 42.5. The smallest absolute Gasteiger partial charge is 0.408 e. The Morgan fingerprint density at radius 3 is 2.15 bits per heavy atom. The number of carbonyl (C=O) groups is 4. The summed E-state index contributed by atoms with van der Waals surface area (Å²) >= 11 is 0. The number of rotatable bonds is 7. The molecule has 2 saturated carbocycles. The maximum atomic E-state index is 14.6. The van der Waals surface area contributed by atoms with Gasteiger partial charge >= 0.3 is 18.0 Å². The average Bonchev–Trinajstić information content (AvgIpc) is 3.09. The van der Waals surface area contributed by atoms with E-state index in [9.17, 15) is 34.5 Å². The zero-order valence-electron chi connectivity index (χ0n) is 32.0. The number of esters is 2. The van der Waals surface area contributed by atoms with E-state index in [0.717, 1.165) is 0 Å². The molecule has 3 fully saturated rings. The van der Waals surface area contributed by atoms with E-state index in [1.54, 1.807) is 109 Å². The molecule has 2 bridgehead atoms. The molecule has 1 radical (unpaired) electrons. The summed E-state index contributed by atoms with van der Waals surface area (Å²) in [6.45, 7) is 11.9. The van der Waals surface area contributed by atoms with E-state index in [1.807, 2.05) is 0 Å². The maximum absolute atomic E-state index is 14.6. The monoisotopic (exact) mass is 960 g/mol. The van der Waals surface area contributed by atoms with Gasteiger partial charge in [-0.25, -0.2) is 14.4 Å². The van der Waals surface area contributed by atoms with Crippen molar-refractivity contribution in [2.45, 2.75) is 121 Å². The Morgan fingerprint density at radius 1 is 0.963 bits per heavy atom. The molecular weight excluding hydrogens is 909 g/mol. The first-order valence-electron chi connectivity index (χ1n) is 18.2. The fourth-order valence-electron chi connectivity index (χ4n) is 8.99. The molecule has 1 saturated heterocycles. The zero-order valence-corrected chi connectivity index (χ0v) is 36.7. The van der Waals surface area contributed by atoms with E-state index >= 15 is 0 Å². The number of aliphatic hydroxyl groups is 3. The largest absolute Gasteiger partial charge is 0.456 e. The number of amides is 1. The molecule has 1 heterocycles. The molecule has 54 heavy (non-hydrogen) atoms. The number of hydrogen-bond donors (Lipinski definition) is 4. The molecule has 0 aromatic heterocycles. The second-order valence-electron chi connectivity index (χ2n) is 16.8. The number of hydrogen-bond acceptors (Lipinski definition) is 11. The van der Waals surface area contributed by atoms with Crippen LogP contribution >= 0.6 is 0 Å². The van der Waals surface area contributed by atoms with Crippen molar-refractivity contribution in [1.82, 2.24) is 5.32 Å². The Morgan fingerprint density at radius 2 is 1.57 bits per heavy atom. The summed E-state index contributed by atoms with van der Waals surface area (Å²) in [7, 11) is 0. The topological polar surface area (TPSA) is 178 Å². The molecule has 289 valence electrons. The zero-order chi connectivity index (χ0) is 38.7. The van der Waals surface area contributed by atoms with Crippen molar-refractivity contribution in [3.63, 3.8) is 0 Å². The summed E-state index contributed by atoms with van der Waals surface area (Å²) in [5.41, 5.74) is -5.24. The molecule has 12 nitrogen and oxygen atoms in total. The summed E-state index contributed by atoms with van der Waals surface area (Å²) in [6.07, 6.45) is -5.72. The van der Waals surface area contributed by atoms with Gasteiger partial charge in [0.15, 0.2) is 6.10 Å². The number of ether oxygens (including phenoxy) is 4. The van der Waals surface area contributed by atoms with Crippen molar-refractivity contribution in [3.8, 4) is 0 Å². The standard InChI is InChI=1S/C41H51NO11.Ac/c1-23-26-20-28(43)39(7)19-18-29-40(48,22-50-29)32(39)33(52-34(45)25-16-12-9-13-17-25)41(49,38(26,5)6)21-27(23)51-35(46)31(44)30(24-14-10-8-11-15-24)42-36(47)53-37(2,3)4;/h8-17,27,29-33,44,48-49H,18-22H2,1-7H3,(H,42,47);/t27-,29+,30-,31+,32-,33?,39-,40-,41+;/m0./s1. The summed E-state index contributed by atoms with van der Waals surface area (Å²) in [6, 6.07) is 15.4. The van der Waals surface area contributed by atoms with Crippen LogP contribution in [0.2, 0.25) is 0 Å². The SMILES string of the molecule is CC1=C2CC(=O)[C@]3(C)CC[C@H]4OC[C@@]4(O)[C@H]3C(OC(=O)c3ccccc3)[C@](O)(C[C@@H]1OC(=O)[C@H](O)[C@@H](NC(=O)OC(C)(C)C)c1ccccc1)C2(C)C.[Ac]. The normalized spacial score (nSPS) is 32.4. The Labute approximate surface area is 351 Å². The quantitative estimate of drug-likeness (QED) is 0.171. The first-order chi connectivity index (χ1) is 24.7. The van der Waals surface area contributed by atoms with Crippen LogP contribution < -0.4 is 5.32 Å². The van der Waals surface area contributed by atoms with Crippen molar-refractivity contribution in [1.29, 1.82) is 0 Å². The van der Waals surface area contributed by atoms with Gasteiger partial charge in [0.1, 0.15) is 34.8 Å². The summed E-state index contributed by atoms with van der Waals surface area (Å²) in [4.78, 5) is 55.3. The number of alkyl carbamates (subject to hydrolysis) is 1. The minimum Gasteiger partial charge on any atom is -0.456 e. The van der Waals surface area contributed by atoms with Crippen molar-refractivity contribution in [3.05, 3.63) is 82.9 Å². The number of aliphatic hydroxyl groups excluding tert-OH is 1. The maximum Gasteiger partial charge on any atom is 0.408 e. The van der Waals surface area contributed by atoms with Gasteiger partial charge in [0, 0.05) is 73.7 Å². The van der Waals surface area contributed by atoms with E-state index in [0.29, 0.717) is 29.6 Å². The van der Waals surface area contributed by atoms with Crippen LogP contribution in [0, 0.1) is 60.8 Å². The van der Waals surface area contributed by atoms with Crippen molar-refractivity contribution >= 4 is 23.8 Å². The summed E-state index contributed by atoms with van der Waals surface area (Å²) in [5, 5.41) is 39.6. The van der Waals surface area contributed by atoms with Crippen LogP contribution in [0.25, 0.3) is 0 Å². The van der Waals surface area contributed by atoms with Crippen LogP contribution in [0.1, 0.15) is 96.1 Å². The van der Waals surface area contributed by atoms with E-state index in [1.165, 1.54) is 0 Å². The van der Waals surface area contributed by atoms with Crippen molar-refractivity contribution in [2.75, 3.05) is 6.61 Å². The van der Waals surface area contributed by atoms with Gasteiger partial charge in [-0.1, -0.05) is 74.9 Å². The van der Waals surface area contributed by atoms with Crippen LogP contribution in [-0.2, 0) is 28.5 Å². The molecule has 0 spiro atoms. The van der Waals surface area contributed by atoms with Crippen LogP contribution in [0.15, 0.2) is 71.8 Å². The van der Waals surface area contributed by atoms with Crippen molar-refractivity contribution in [2.24, 2.45) is 16.7 Å². The third-order valence-corrected chi connectivity index (χ3v) is 12.2. The van der Waals surface area contributed by atoms with Gasteiger partial charge in [0.2, 0.25) is 0 Å². The van der Waals surface area contributed by atoms with Gasteiger partial charge < -0.3 is 39.6 Å². The van der Waals surface area contributed by atoms with Crippen LogP contribution in [0.4, 0.5) is 4.79 Å². The summed E-state index contributed by atoms with van der Waals surface area (Å²) in [5.74, 6) is -3.13. The third kappa shape index (κ3) is 7.46.